The van der Waals surface area contributed by atoms with E-state index in [1.807, 2.05) is 0 Å². The van der Waals surface area contributed by atoms with E-state index in [1.54, 1.807) is 29.2 Å². The molecule has 0 spiro atoms. The third-order valence-corrected chi connectivity index (χ3v) is 6.28. The molecule has 0 aliphatic carbocycles. The predicted molar refractivity (Wildman–Crippen MR) is 113 cm³/mol. The topological polar surface area (TPSA) is 130 Å². The van der Waals surface area contributed by atoms with E-state index in [9.17, 15) is 23.1 Å². The molecular weight excluding hydrogens is 430 g/mol. The van der Waals surface area contributed by atoms with Crippen molar-refractivity contribution in [2.24, 2.45) is 11.1 Å². The molecular formula is C20H22ClN3O5S. The lowest BCUT2D eigenvalue weighted by Crippen LogP contribution is -2.39. The number of carbonyl (C=O) groups is 2. The number of piperidine rings is 1. The molecule has 160 valence electrons. The number of nitrogens with zero attached hydrogens (tertiary/aromatic N) is 1. The number of amides is 2. The summed E-state index contributed by atoms with van der Waals surface area (Å²) in [7, 11) is -3.99. The highest BCUT2D eigenvalue weighted by Crippen LogP contribution is 2.23. The number of aliphatic hydroxyl groups excluding tert-OH is 1. The molecule has 3 rings (SSSR count). The Morgan fingerprint density at radius 3 is 2.50 bits per heavy atom. The number of anilines is 1. The van der Waals surface area contributed by atoms with Crippen LogP contribution in [0.25, 0.3) is 0 Å². The molecule has 1 aliphatic heterocycles. The molecule has 0 saturated carbocycles. The summed E-state index contributed by atoms with van der Waals surface area (Å²) in [6.45, 7) is 1.26. The van der Waals surface area contributed by atoms with Gasteiger partial charge in [0.1, 0.15) is 0 Å². The molecule has 1 fully saturated rings. The minimum Gasteiger partial charge on any atom is -0.396 e. The number of benzene rings is 2. The van der Waals surface area contributed by atoms with E-state index in [0.717, 1.165) is 18.9 Å². The molecule has 2 aromatic carbocycles. The molecule has 0 atom stereocenters. The molecule has 4 N–H and O–H groups in total. The summed E-state index contributed by atoms with van der Waals surface area (Å²) >= 11 is 6.04. The van der Waals surface area contributed by atoms with Crippen LogP contribution in [-0.4, -0.2) is 49.9 Å². The Morgan fingerprint density at radius 2 is 1.87 bits per heavy atom. The van der Waals surface area contributed by atoms with Gasteiger partial charge in [0.25, 0.3) is 11.8 Å². The number of nitrogens with one attached hydrogen (secondary N) is 1. The minimum absolute atomic E-state index is 0.0500. The monoisotopic (exact) mass is 451 g/mol. The first-order valence-electron chi connectivity index (χ1n) is 9.33. The number of hydrogen-bond acceptors (Lipinski definition) is 5. The van der Waals surface area contributed by atoms with Crippen molar-refractivity contribution in [1.82, 2.24) is 4.90 Å². The Balaban J connectivity index is 1.76. The summed E-state index contributed by atoms with van der Waals surface area (Å²) in [6, 6.07) is 10.1. The summed E-state index contributed by atoms with van der Waals surface area (Å²) in [4.78, 5) is 26.9. The van der Waals surface area contributed by atoms with Crippen molar-refractivity contribution in [3.05, 3.63) is 58.6 Å². The van der Waals surface area contributed by atoms with Crippen LogP contribution in [0.1, 0.15) is 33.6 Å². The van der Waals surface area contributed by atoms with Gasteiger partial charge in [-0.15, -0.1) is 0 Å². The fourth-order valence-corrected chi connectivity index (χ4v) is 4.03. The fourth-order valence-electron chi connectivity index (χ4n) is 3.28. The van der Waals surface area contributed by atoms with Crippen molar-refractivity contribution in [1.29, 1.82) is 0 Å². The number of rotatable bonds is 5. The quantitative estimate of drug-likeness (QED) is 0.640. The SMILES string of the molecule is NS(=O)(=O)c1ccc(Cl)c(C(=O)Nc2cccc(C(=O)N3CCC(CO)CC3)c2)c1. The van der Waals surface area contributed by atoms with Gasteiger partial charge >= 0.3 is 0 Å². The van der Waals surface area contributed by atoms with Crippen LogP contribution >= 0.6 is 11.6 Å². The van der Waals surface area contributed by atoms with Crippen molar-refractivity contribution < 1.29 is 23.1 Å². The normalized spacial score (nSPS) is 15.1. The van der Waals surface area contributed by atoms with Gasteiger partial charge < -0.3 is 15.3 Å². The molecule has 8 nitrogen and oxygen atoms in total. The van der Waals surface area contributed by atoms with Crippen molar-refractivity contribution in [3.63, 3.8) is 0 Å². The van der Waals surface area contributed by atoms with Gasteiger partial charge in [0, 0.05) is 30.9 Å². The van der Waals surface area contributed by atoms with Crippen molar-refractivity contribution >= 4 is 39.1 Å². The van der Waals surface area contributed by atoms with Gasteiger partial charge in [-0.25, -0.2) is 13.6 Å². The van der Waals surface area contributed by atoms with Crippen LogP contribution in [0.5, 0.6) is 0 Å². The van der Waals surface area contributed by atoms with Crippen molar-refractivity contribution in [3.8, 4) is 0 Å². The lowest BCUT2D eigenvalue weighted by molar-refractivity contribution is 0.0650. The third-order valence-electron chi connectivity index (χ3n) is 5.04. The second kappa shape index (κ2) is 9.13. The second-order valence-electron chi connectivity index (χ2n) is 7.14. The number of hydrogen-bond donors (Lipinski definition) is 3. The summed E-state index contributed by atoms with van der Waals surface area (Å²) in [5, 5.41) is 17.0. The first-order chi connectivity index (χ1) is 14.2. The van der Waals surface area contributed by atoms with E-state index in [2.05, 4.69) is 5.32 Å². The van der Waals surface area contributed by atoms with Crippen LogP contribution in [0.2, 0.25) is 5.02 Å². The molecule has 0 bridgehead atoms. The second-order valence-corrected chi connectivity index (χ2v) is 9.11. The van der Waals surface area contributed by atoms with E-state index in [-0.39, 0.29) is 33.9 Å². The van der Waals surface area contributed by atoms with Gasteiger partial charge in [-0.05, 0) is 55.2 Å². The Labute approximate surface area is 179 Å². The zero-order chi connectivity index (χ0) is 21.9. The maximum atomic E-state index is 12.8. The number of nitrogens with two attached hydrogens (primary N) is 1. The molecule has 2 amide bonds. The van der Waals surface area contributed by atoms with Crippen LogP contribution < -0.4 is 10.5 Å². The maximum absolute atomic E-state index is 12.8. The highest BCUT2D eigenvalue weighted by molar-refractivity contribution is 7.89. The van der Waals surface area contributed by atoms with E-state index in [4.69, 9.17) is 16.7 Å². The molecule has 0 unspecified atom stereocenters. The lowest BCUT2D eigenvalue weighted by Gasteiger charge is -2.31. The largest absolute Gasteiger partial charge is 0.396 e. The first kappa shape index (κ1) is 22.2. The Hall–Kier alpha value is -2.46. The van der Waals surface area contributed by atoms with Gasteiger partial charge in [0.2, 0.25) is 10.0 Å². The molecule has 30 heavy (non-hydrogen) atoms. The zero-order valence-corrected chi connectivity index (χ0v) is 17.6. The Morgan fingerprint density at radius 1 is 1.17 bits per heavy atom. The number of halogens is 1. The highest BCUT2D eigenvalue weighted by Gasteiger charge is 2.23. The smallest absolute Gasteiger partial charge is 0.257 e. The maximum Gasteiger partial charge on any atom is 0.257 e. The molecule has 0 aromatic heterocycles. The number of primary sulfonamides is 1. The zero-order valence-electron chi connectivity index (χ0n) is 16.0. The summed E-state index contributed by atoms with van der Waals surface area (Å²) in [6.07, 6.45) is 1.50. The Bertz CT molecular complexity index is 1070. The van der Waals surface area contributed by atoms with Crippen LogP contribution in [0.4, 0.5) is 5.69 Å². The van der Waals surface area contributed by atoms with Crippen molar-refractivity contribution in [2.45, 2.75) is 17.7 Å². The van der Waals surface area contributed by atoms with Crippen LogP contribution in [0.15, 0.2) is 47.4 Å². The van der Waals surface area contributed by atoms with Gasteiger partial charge in [0.05, 0.1) is 15.5 Å². The minimum atomic E-state index is -3.99. The van der Waals surface area contributed by atoms with E-state index < -0.39 is 15.9 Å². The third kappa shape index (κ3) is 5.17. The molecule has 1 saturated heterocycles. The van der Waals surface area contributed by atoms with E-state index in [0.29, 0.717) is 24.3 Å². The number of carbonyl (C=O) groups excluding carboxylic acids is 2. The van der Waals surface area contributed by atoms with Crippen molar-refractivity contribution in [2.75, 3.05) is 25.0 Å². The molecule has 0 radical (unpaired) electrons. The highest BCUT2D eigenvalue weighted by atomic mass is 35.5. The number of likely N-dealkylation sites (tertiary alicyclic amines) is 1. The van der Waals surface area contributed by atoms with E-state index >= 15 is 0 Å². The van der Waals surface area contributed by atoms with Gasteiger partial charge in [-0.1, -0.05) is 17.7 Å². The molecule has 10 heteroatoms. The summed E-state index contributed by atoms with van der Waals surface area (Å²) in [5.41, 5.74) is 0.735. The first-order valence-corrected chi connectivity index (χ1v) is 11.3. The summed E-state index contributed by atoms with van der Waals surface area (Å²) in [5.74, 6) is -0.562. The van der Waals surface area contributed by atoms with Crippen LogP contribution in [0, 0.1) is 5.92 Å². The average Bonchev–Trinajstić information content (AvgIpc) is 2.73. The average molecular weight is 452 g/mol. The van der Waals surface area contributed by atoms with Gasteiger partial charge in [-0.2, -0.15) is 0 Å². The van der Waals surface area contributed by atoms with Gasteiger partial charge in [-0.3, -0.25) is 9.59 Å². The predicted octanol–water partition coefficient (Wildman–Crippen LogP) is 2.08. The standard InChI is InChI=1S/C20H22ClN3O5S/c21-18-5-4-16(30(22,28)29)11-17(18)19(26)23-15-3-1-2-14(10-15)20(27)24-8-6-13(12-25)7-9-24/h1-5,10-11,13,25H,6-9,12H2,(H,23,26)(H2,22,28,29). The molecule has 1 aliphatic rings. The van der Waals surface area contributed by atoms with Crippen LogP contribution in [-0.2, 0) is 10.0 Å². The number of aliphatic hydroxyl groups is 1. The van der Waals surface area contributed by atoms with Crippen LogP contribution in [0.3, 0.4) is 0 Å². The molecule has 1 heterocycles. The fraction of sp³-hybridized carbons (Fsp3) is 0.300. The number of sulfonamides is 1. The Kier molecular flexibility index (Phi) is 6.77. The van der Waals surface area contributed by atoms with E-state index in [1.165, 1.54) is 12.1 Å². The molecule has 2 aromatic rings. The lowest BCUT2D eigenvalue weighted by atomic mass is 9.97. The van der Waals surface area contributed by atoms with Gasteiger partial charge in [0.15, 0.2) is 0 Å². The summed E-state index contributed by atoms with van der Waals surface area (Å²) < 4.78 is 23.1.